The van der Waals surface area contributed by atoms with Crippen LogP contribution in [0.25, 0.3) is 10.6 Å². The minimum Gasteiger partial charge on any atom is -0.465 e. The van der Waals surface area contributed by atoms with E-state index in [1.165, 1.54) is 7.11 Å². The van der Waals surface area contributed by atoms with Crippen LogP contribution in [0.5, 0.6) is 0 Å². The fraction of sp³-hybridized carbons (Fsp3) is 0.214. The molecule has 0 radical (unpaired) electrons. The van der Waals surface area contributed by atoms with E-state index < -0.39 is 0 Å². The van der Waals surface area contributed by atoms with Crippen LogP contribution in [0, 0.1) is 6.92 Å². The fourth-order valence-electron chi connectivity index (χ4n) is 1.93. The normalized spacial score (nSPS) is 10.6. The highest BCUT2D eigenvalue weighted by molar-refractivity contribution is 7.13. The Bertz CT molecular complexity index is 794. The Balaban J connectivity index is 1.78. The first-order chi connectivity index (χ1) is 10.7. The number of rotatable bonds is 4. The van der Waals surface area contributed by atoms with Crippen LogP contribution in [-0.4, -0.2) is 38.3 Å². The molecule has 0 N–H and O–H groups in total. The molecule has 0 saturated heterocycles. The minimum absolute atomic E-state index is 0.347. The van der Waals surface area contributed by atoms with Crippen molar-refractivity contribution in [3.8, 4) is 10.6 Å². The van der Waals surface area contributed by atoms with Gasteiger partial charge in [0, 0.05) is 10.9 Å². The van der Waals surface area contributed by atoms with Crippen molar-refractivity contribution in [1.82, 2.24) is 25.2 Å². The molecule has 1 aromatic carbocycles. The maximum absolute atomic E-state index is 11.4. The highest BCUT2D eigenvalue weighted by atomic mass is 32.1. The summed E-state index contributed by atoms with van der Waals surface area (Å²) in [6.07, 6.45) is 0. The summed E-state index contributed by atoms with van der Waals surface area (Å²) in [7, 11) is 1.37. The van der Waals surface area contributed by atoms with Gasteiger partial charge in [-0.15, -0.1) is 16.4 Å². The second kappa shape index (κ2) is 6.02. The van der Waals surface area contributed by atoms with Crippen LogP contribution < -0.4 is 0 Å². The highest BCUT2D eigenvalue weighted by Crippen LogP contribution is 2.24. The molecule has 22 heavy (non-hydrogen) atoms. The monoisotopic (exact) mass is 315 g/mol. The lowest BCUT2D eigenvalue weighted by atomic mass is 10.1. The molecule has 0 fully saturated rings. The van der Waals surface area contributed by atoms with Gasteiger partial charge in [0.15, 0.2) is 0 Å². The molecule has 8 heteroatoms. The molecular formula is C14H13N5O2S. The maximum Gasteiger partial charge on any atom is 0.337 e. The quantitative estimate of drug-likeness (QED) is 0.684. The molecule has 0 unspecified atom stereocenters. The standard InChI is InChI=1S/C14H13N5O2S/c1-9-16-17-18-19(9)7-12-8-22-13(15-12)10-3-5-11(6-4-10)14(20)21-2/h3-6,8H,7H2,1-2H3. The number of aromatic nitrogens is 5. The van der Waals surface area contributed by atoms with Crippen molar-refractivity contribution in [1.29, 1.82) is 0 Å². The van der Waals surface area contributed by atoms with E-state index in [-0.39, 0.29) is 5.97 Å². The molecule has 0 atom stereocenters. The van der Waals surface area contributed by atoms with Crippen LogP contribution in [-0.2, 0) is 11.3 Å². The molecule has 2 heterocycles. The lowest BCUT2D eigenvalue weighted by molar-refractivity contribution is 0.0601. The Kier molecular flexibility index (Phi) is 3.92. The molecular weight excluding hydrogens is 302 g/mol. The van der Waals surface area contributed by atoms with Gasteiger partial charge in [0.2, 0.25) is 0 Å². The molecule has 0 aliphatic carbocycles. The van der Waals surface area contributed by atoms with E-state index in [2.05, 4.69) is 25.2 Å². The van der Waals surface area contributed by atoms with Gasteiger partial charge in [-0.05, 0) is 29.5 Å². The third-order valence-electron chi connectivity index (χ3n) is 3.13. The lowest BCUT2D eigenvalue weighted by Gasteiger charge is -2.00. The van der Waals surface area contributed by atoms with Crippen molar-refractivity contribution in [2.24, 2.45) is 0 Å². The van der Waals surface area contributed by atoms with E-state index in [1.54, 1.807) is 28.2 Å². The van der Waals surface area contributed by atoms with Gasteiger partial charge in [-0.1, -0.05) is 12.1 Å². The average Bonchev–Trinajstić information content (AvgIpc) is 3.17. The topological polar surface area (TPSA) is 82.8 Å². The lowest BCUT2D eigenvalue weighted by Crippen LogP contribution is -2.04. The molecule has 0 saturated carbocycles. The second-order valence-electron chi connectivity index (χ2n) is 4.60. The van der Waals surface area contributed by atoms with Gasteiger partial charge in [0.1, 0.15) is 10.8 Å². The van der Waals surface area contributed by atoms with E-state index in [9.17, 15) is 4.79 Å². The predicted molar refractivity (Wildman–Crippen MR) is 80.5 cm³/mol. The number of ether oxygens (including phenoxy) is 1. The van der Waals surface area contributed by atoms with Crippen LogP contribution in [0.2, 0.25) is 0 Å². The zero-order chi connectivity index (χ0) is 15.5. The van der Waals surface area contributed by atoms with Crippen molar-refractivity contribution in [2.75, 3.05) is 7.11 Å². The molecule has 0 spiro atoms. The zero-order valence-corrected chi connectivity index (χ0v) is 12.9. The Morgan fingerprint density at radius 3 is 2.73 bits per heavy atom. The van der Waals surface area contributed by atoms with E-state index in [0.29, 0.717) is 12.1 Å². The van der Waals surface area contributed by atoms with Gasteiger partial charge in [0.25, 0.3) is 0 Å². The van der Waals surface area contributed by atoms with Crippen LogP contribution in [0.1, 0.15) is 21.9 Å². The number of aryl methyl sites for hydroxylation is 1. The van der Waals surface area contributed by atoms with Crippen LogP contribution in [0.3, 0.4) is 0 Å². The van der Waals surface area contributed by atoms with Crippen LogP contribution in [0.15, 0.2) is 29.6 Å². The Morgan fingerprint density at radius 1 is 1.32 bits per heavy atom. The van der Waals surface area contributed by atoms with Gasteiger partial charge in [-0.2, -0.15) is 0 Å². The molecule has 2 aromatic heterocycles. The fourth-order valence-corrected chi connectivity index (χ4v) is 2.74. The Hall–Kier alpha value is -2.61. The van der Waals surface area contributed by atoms with Gasteiger partial charge in [-0.25, -0.2) is 14.5 Å². The summed E-state index contributed by atoms with van der Waals surface area (Å²) in [5.74, 6) is 0.400. The zero-order valence-electron chi connectivity index (χ0n) is 12.1. The molecule has 112 valence electrons. The van der Waals surface area contributed by atoms with Crippen molar-refractivity contribution in [3.05, 3.63) is 46.7 Å². The van der Waals surface area contributed by atoms with Gasteiger partial charge >= 0.3 is 5.97 Å². The van der Waals surface area contributed by atoms with Crippen molar-refractivity contribution in [3.63, 3.8) is 0 Å². The number of esters is 1. The molecule has 0 aliphatic heterocycles. The first-order valence-electron chi connectivity index (χ1n) is 6.53. The van der Waals surface area contributed by atoms with Gasteiger partial charge in [0.05, 0.1) is 24.9 Å². The number of thiazole rings is 1. The number of tetrazole rings is 1. The molecule has 0 bridgehead atoms. The van der Waals surface area contributed by atoms with E-state index >= 15 is 0 Å². The SMILES string of the molecule is COC(=O)c1ccc(-c2nc(Cn3nnnc3C)cs2)cc1. The first-order valence-corrected chi connectivity index (χ1v) is 7.41. The molecule has 7 nitrogen and oxygen atoms in total. The van der Waals surface area contributed by atoms with E-state index in [4.69, 9.17) is 0 Å². The second-order valence-corrected chi connectivity index (χ2v) is 5.45. The minimum atomic E-state index is -0.347. The predicted octanol–water partition coefficient (Wildman–Crippen LogP) is 1.94. The number of carbonyl (C=O) groups excluding carboxylic acids is 1. The molecule has 0 amide bonds. The Morgan fingerprint density at radius 2 is 2.09 bits per heavy atom. The van der Waals surface area contributed by atoms with Crippen LogP contribution in [0.4, 0.5) is 0 Å². The van der Waals surface area contributed by atoms with E-state index in [0.717, 1.165) is 22.1 Å². The Labute approximate surface area is 130 Å². The summed E-state index contributed by atoms with van der Waals surface area (Å²) in [4.78, 5) is 16.0. The number of benzene rings is 1. The average molecular weight is 315 g/mol. The highest BCUT2D eigenvalue weighted by Gasteiger charge is 2.09. The number of hydrogen-bond donors (Lipinski definition) is 0. The van der Waals surface area contributed by atoms with Gasteiger partial charge in [-0.3, -0.25) is 0 Å². The summed E-state index contributed by atoms with van der Waals surface area (Å²) in [6, 6.07) is 7.18. The number of nitrogens with zero attached hydrogens (tertiary/aromatic N) is 5. The van der Waals surface area contributed by atoms with Crippen LogP contribution >= 0.6 is 11.3 Å². The number of methoxy groups -OCH3 is 1. The third-order valence-corrected chi connectivity index (χ3v) is 4.07. The van der Waals surface area contributed by atoms with Crippen molar-refractivity contribution in [2.45, 2.75) is 13.5 Å². The van der Waals surface area contributed by atoms with Crippen molar-refractivity contribution < 1.29 is 9.53 Å². The summed E-state index contributed by atoms with van der Waals surface area (Å²) < 4.78 is 6.38. The molecule has 0 aliphatic rings. The smallest absolute Gasteiger partial charge is 0.337 e. The molecule has 3 rings (SSSR count). The number of carbonyl (C=O) groups is 1. The largest absolute Gasteiger partial charge is 0.465 e. The first kappa shape index (κ1) is 14.3. The summed E-state index contributed by atoms with van der Waals surface area (Å²) in [5, 5.41) is 14.2. The summed E-state index contributed by atoms with van der Waals surface area (Å²) >= 11 is 1.54. The van der Waals surface area contributed by atoms with Crippen molar-refractivity contribution >= 4 is 17.3 Å². The molecule has 3 aromatic rings. The summed E-state index contributed by atoms with van der Waals surface area (Å²) in [5.41, 5.74) is 2.37. The third kappa shape index (κ3) is 2.86. The van der Waals surface area contributed by atoms with Gasteiger partial charge < -0.3 is 4.74 Å². The van der Waals surface area contributed by atoms with E-state index in [1.807, 2.05) is 24.4 Å². The maximum atomic E-state index is 11.4. The number of hydrogen-bond acceptors (Lipinski definition) is 7. The summed E-state index contributed by atoms with van der Waals surface area (Å²) in [6.45, 7) is 2.38.